The first kappa shape index (κ1) is 8.61. The van der Waals surface area contributed by atoms with Crippen molar-refractivity contribution in [3.8, 4) is 0 Å². The van der Waals surface area contributed by atoms with Crippen molar-refractivity contribution >= 4 is 13.4 Å². The number of hydrogen-bond acceptors (Lipinski definition) is 2. The van der Waals surface area contributed by atoms with Crippen molar-refractivity contribution in [2.24, 2.45) is 4.76 Å². The SMILES string of the molecule is CCP(=O)(CC)N=C=O. The fourth-order valence-electron chi connectivity index (χ4n) is 0.439. The quantitative estimate of drug-likeness (QED) is 0.346. The highest BCUT2D eigenvalue weighted by atomic mass is 31.2. The normalized spacial score (nSPS) is 10.4. The Labute approximate surface area is 54.6 Å². The average Bonchev–Trinajstić information content (AvgIpc) is 1.89. The smallest absolute Gasteiger partial charge is 0.241 e. The molecule has 4 heteroatoms. The summed E-state index contributed by atoms with van der Waals surface area (Å²) in [6.45, 7) is 3.51. The van der Waals surface area contributed by atoms with Crippen LogP contribution in [0.25, 0.3) is 0 Å². The van der Waals surface area contributed by atoms with Gasteiger partial charge in [0.1, 0.15) is 0 Å². The second-order valence-electron chi connectivity index (χ2n) is 1.67. The van der Waals surface area contributed by atoms with E-state index in [1.165, 1.54) is 6.08 Å². The van der Waals surface area contributed by atoms with Crippen LogP contribution in [0, 0.1) is 0 Å². The van der Waals surface area contributed by atoms with Gasteiger partial charge >= 0.3 is 0 Å². The van der Waals surface area contributed by atoms with Crippen molar-refractivity contribution in [3.63, 3.8) is 0 Å². The summed E-state index contributed by atoms with van der Waals surface area (Å²) in [5.41, 5.74) is 0. The molecular weight excluding hydrogens is 137 g/mol. The third-order valence-corrected chi connectivity index (χ3v) is 3.63. The summed E-state index contributed by atoms with van der Waals surface area (Å²) >= 11 is 0. The molecule has 0 unspecified atom stereocenters. The lowest BCUT2D eigenvalue weighted by molar-refractivity contribution is 0.561. The van der Waals surface area contributed by atoms with E-state index in [0.717, 1.165) is 0 Å². The highest BCUT2D eigenvalue weighted by Crippen LogP contribution is 2.45. The van der Waals surface area contributed by atoms with Crippen LogP contribution in [-0.2, 0) is 9.36 Å². The molecule has 0 amide bonds. The van der Waals surface area contributed by atoms with E-state index in [1.807, 2.05) is 0 Å². The summed E-state index contributed by atoms with van der Waals surface area (Å²) in [6, 6.07) is 0. The van der Waals surface area contributed by atoms with E-state index in [1.54, 1.807) is 13.8 Å². The number of rotatable bonds is 3. The second-order valence-corrected chi connectivity index (χ2v) is 4.83. The lowest BCUT2D eigenvalue weighted by Gasteiger charge is -2.02. The zero-order chi connectivity index (χ0) is 7.33. The zero-order valence-corrected chi connectivity index (χ0v) is 6.52. The second kappa shape index (κ2) is 3.60. The standard InChI is InChI=1S/C5H10NO2P/c1-3-9(8,4-2)6-5-7/h3-4H2,1-2H3. The Morgan fingerprint density at radius 3 is 2.00 bits per heavy atom. The van der Waals surface area contributed by atoms with Crippen molar-refractivity contribution in [3.05, 3.63) is 0 Å². The minimum Gasteiger partial charge on any atom is -0.298 e. The predicted molar refractivity (Wildman–Crippen MR) is 36.8 cm³/mol. The van der Waals surface area contributed by atoms with Gasteiger partial charge in [0.2, 0.25) is 13.4 Å². The Morgan fingerprint density at radius 2 is 1.89 bits per heavy atom. The van der Waals surface area contributed by atoms with Gasteiger partial charge in [-0.05, 0) is 0 Å². The van der Waals surface area contributed by atoms with Crippen LogP contribution in [0.15, 0.2) is 4.76 Å². The van der Waals surface area contributed by atoms with Gasteiger partial charge in [0.25, 0.3) is 0 Å². The molecule has 9 heavy (non-hydrogen) atoms. The van der Waals surface area contributed by atoms with Gasteiger partial charge < -0.3 is 0 Å². The average molecular weight is 147 g/mol. The molecule has 0 spiro atoms. The summed E-state index contributed by atoms with van der Waals surface area (Å²) in [7, 11) is -2.48. The summed E-state index contributed by atoms with van der Waals surface area (Å²) in [6.07, 6.45) is 2.24. The van der Waals surface area contributed by atoms with Crippen molar-refractivity contribution in [2.75, 3.05) is 12.3 Å². The van der Waals surface area contributed by atoms with E-state index in [-0.39, 0.29) is 0 Å². The number of isocyanates is 1. The van der Waals surface area contributed by atoms with Crippen LogP contribution in [0.3, 0.4) is 0 Å². The zero-order valence-electron chi connectivity index (χ0n) is 5.63. The molecule has 0 saturated heterocycles. The molecule has 0 aliphatic carbocycles. The number of hydrogen-bond donors (Lipinski definition) is 0. The minimum absolute atomic E-state index is 0.457. The van der Waals surface area contributed by atoms with Crippen LogP contribution in [-0.4, -0.2) is 18.4 Å². The van der Waals surface area contributed by atoms with E-state index in [9.17, 15) is 9.36 Å². The Morgan fingerprint density at radius 1 is 1.44 bits per heavy atom. The molecule has 0 aliphatic heterocycles. The first-order valence-electron chi connectivity index (χ1n) is 2.86. The van der Waals surface area contributed by atoms with E-state index in [2.05, 4.69) is 4.76 Å². The lowest BCUT2D eigenvalue weighted by Crippen LogP contribution is -1.83. The monoisotopic (exact) mass is 147 g/mol. The van der Waals surface area contributed by atoms with Crippen LogP contribution < -0.4 is 0 Å². The molecule has 0 aromatic rings. The molecule has 0 atom stereocenters. The Bertz CT molecular complexity index is 164. The van der Waals surface area contributed by atoms with Gasteiger partial charge in [-0.1, -0.05) is 13.8 Å². The van der Waals surface area contributed by atoms with E-state index in [0.29, 0.717) is 12.3 Å². The van der Waals surface area contributed by atoms with Crippen LogP contribution in [0.5, 0.6) is 0 Å². The molecule has 0 bridgehead atoms. The highest BCUT2D eigenvalue weighted by Gasteiger charge is 2.13. The largest absolute Gasteiger partial charge is 0.298 e. The van der Waals surface area contributed by atoms with Crippen molar-refractivity contribution in [1.82, 2.24) is 0 Å². The molecule has 0 heterocycles. The molecule has 0 fully saturated rings. The first-order chi connectivity index (χ1) is 4.18. The molecule has 3 nitrogen and oxygen atoms in total. The van der Waals surface area contributed by atoms with Gasteiger partial charge in [-0.2, -0.15) is 0 Å². The van der Waals surface area contributed by atoms with Crippen LogP contribution in [0.4, 0.5) is 0 Å². The van der Waals surface area contributed by atoms with E-state index >= 15 is 0 Å². The maximum Gasteiger partial charge on any atom is 0.241 e. The first-order valence-corrected chi connectivity index (χ1v) is 4.89. The fraction of sp³-hybridized carbons (Fsp3) is 0.800. The third kappa shape index (κ3) is 2.59. The van der Waals surface area contributed by atoms with E-state index in [4.69, 9.17) is 0 Å². The van der Waals surface area contributed by atoms with Crippen LogP contribution >= 0.6 is 7.29 Å². The van der Waals surface area contributed by atoms with Crippen molar-refractivity contribution in [1.29, 1.82) is 0 Å². The van der Waals surface area contributed by atoms with Gasteiger partial charge in [-0.3, -0.25) is 4.57 Å². The summed E-state index contributed by atoms with van der Waals surface area (Å²) in [4.78, 5) is 9.67. The maximum absolute atomic E-state index is 11.1. The van der Waals surface area contributed by atoms with Gasteiger partial charge in [0.05, 0.1) is 0 Å². The van der Waals surface area contributed by atoms with Gasteiger partial charge in [-0.15, -0.1) is 4.76 Å². The topological polar surface area (TPSA) is 46.5 Å². The molecule has 0 aromatic heterocycles. The molecular formula is C5H10NO2P. The Balaban J connectivity index is 4.28. The summed E-state index contributed by atoms with van der Waals surface area (Å²) < 4.78 is 14.4. The highest BCUT2D eigenvalue weighted by molar-refractivity contribution is 7.62. The Hall–Kier alpha value is -0.390. The molecule has 0 rings (SSSR count). The van der Waals surface area contributed by atoms with Crippen molar-refractivity contribution in [2.45, 2.75) is 13.8 Å². The molecule has 0 radical (unpaired) electrons. The Kier molecular flexibility index (Phi) is 3.44. The van der Waals surface area contributed by atoms with E-state index < -0.39 is 7.29 Å². The van der Waals surface area contributed by atoms with Crippen LogP contribution in [0.2, 0.25) is 0 Å². The van der Waals surface area contributed by atoms with Gasteiger partial charge in [0.15, 0.2) is 0 Å². The number of carbonyl (C=O) groups excluding carboxylic acids is 1. The molecule has 52 valence electrons. The molecule has 0 N–H and O–H groups in total. The van der Waals surface area contributed by atoms with Gasteiger partial charge in [0, 0.05) is 12.3 Å². The fourth-order valence-corrected chi connectivity index (χ4v) is 1.32. The molecule has 0 saturated carbocycles. The maximum atomic E-state index is 11.1. The number of nitrogens with zero attached hydrogens (tertiary/aromatic N) is 1. The lowest BCUT2D eigenvalue weighted by atomic mass is 11.0. The predicted octanol–water partition coefficient (Wildman–Crippen LogP) is 1.64. The third-order valence-electron chi connectivity index (χ3n) is 1.21. The molecule has 0 aromatic carbocycles. The van der Waals surface area contributed by atoms with Crippen LogP contribution in [0.1, 0.15) is 13.8 Å². The summed E-state index contributed by atoms with van der Waals surface area (Å²) in [5.74, 6) is 0. The minimum atomic E-state index is -2.48. The van der Waals surface area contributed by atoms with Gasteiger partial charge in [-0.25, -0.2) is 4.79 Å². The summed E-state index contributed by atoms with van der Waals surface area (Å²) in [5, 5.41) is 0. The molecule has 0 aliphatic rings. The van der Waals surface area contributed by atoms with Crippen molar-refractivity contribution < 1.29 is 9.36 Å².